The molecule has 0 unspecified atom stereocenters. The monoisotopic (exact) mass is 185 g/mol. The van der Waals surface area contributed by atoms with Gasteiger partial charge in [0.05, 0.1) is 0 Å². The zero-order chi connectivity index (χ0) is 10.0. The van der Waals surface area contributed by atoms with Gasteiger partial charge in [0.2, 0.25) is 0 Å². The van der Waals surface area contributed by atoms with Crippen molar-refractivity contribution in [2.45, 2.75) is 26.3 Å². The number of hydrogen-bond donors (Lipinski definition) is 1. The Labute approximate surface area is 76.6 Å². The van der Waals surface area contributed by atoms with E-state index >= 15 is 0 Å². The van der Waals surface area contributed by atoms with Gasteiger partial charge in [-0.05, 0) is 25.0 Å². The molecule has 0 saturated carbocycles. The van der Waals surface area contributed by atoms with Gasteiger partial charge in [0, 0.05) is 17.7 Å². The Morgan fingerprint density at radius 2 is 1.92 bits per heavy atom. The summed E-state index contributed by atoms with van der Waals surface area (Å²) in [6, 6.07) is 2.01. The van der Waals surface area contributed by atoms with E-state index in [1.54, 1.807) is 6.92 Å². The topological polar surface area (TPSA) is 26.0 Å². The fourth-order valence-corrected chi connectivity index (χ4v) is 1.18. The van der Waals surface area contributed by atoms with Crippen molar-refractivity contribution in [3.63, 3.8) is 0 Å². The first-order valence-corrected chi connectivity index (χ1v) is 4.27. The Morgan fingerprint density at radius 3 is 2.46 bits per heavy atom. The van der Waals surface area contributed by atoms with E-state index in [0.717, 1.165) is 6.07 Å². The lowest BCUT2D eigenvalue weighted by atomic mass is 10.0. The molecule has 72 valence electrons. The molecule has 1 aromatic carbocycles. The van der Waals surface area contributed by atoms with Crippen molar-refractivity contribution in [3.8, 4) is 0 Å². The van der Waals surface area contributed by atoms with Gasteiger partial charge in [0.25, 0.3) is 0 Å². The number of nitrogens with two attached hydrogens (primary N) is 1. The minimum atomic E-state index is -0.558. The molecule has 0 amide bonds. The predicted molar refractivity (Wildman–Crippen MR) is 48.3 cm³/mol. The van der Waals surface area contributed by atoms with Crippen LogP contribution in [-0.2, 0) is 0 Å². The average molecular weight is 185 g/mol. The third-order valence-corrected chi connectivity index (χ3v) is 2.12. The van der Waals surface area contributed by atoms with Gasteiger partial charge >= 0.3 is 0 Å². The van der Waals surface area contributed by atoms with Gasteiger partial charge in [-0.25, -0.2) is 8.78 Å². The van der Waals surface area contributed by atoms with Crippen LogP contribution < -0.4 is 5.73 Å². The largest absolute Gasteiger partial charge is 0.324 e. The second-order valence-corrected chi connectivity index (χ2v) is 3.14. The van der Waals surface area contributed by atoms with Gasteiger partial charge in [-0.2, -0.15) is 0 Å². The van der Waals surface area contributed by atoms with E-state index in [2.05, 4.69) is 0 Å². The maximum absolute atomic E-state index is 13.1. The molecule has 0 aliphatic rings. The van der Waals surface area contributed by atoms with E-state index in [1.807, 2.05) is 6.92 Å². The fourth-order valence-electron chi connectivity index (χ4n) is 1.18. The lowest BCUT2D eigenvalue weighted by molar-refractivity contribution is 0.547. The first kappa shape index (κ1) is 10.1. The maximum Gasteiger partial charge on any atom is 0.130 e. The van der Waals surface area contributed by atoms with Crippen LogP contribution >= 0.6 is 0 Å². The highest BCUT2D eigenvalue weighted by atomic mass is 19.1. The van der Waals surface area contributed by atoms with Crippen LogP contribution in [0.1, 0.15) is 30.5 Å². The first-order valence-electron chi connectivity index (χ1n) is 4.27. The molecular formula is C10H13F2N. The standard InChI is InChI=1S/C10H13F2N/c1-3-10(13)7-4-6(2)8(11)5-9(7)12/h4-5,10H,3,13H2,1-2H3/t10-/m0/s1. The third kappa shape index (κ3) is 2.04. The second kappa shape index (κ2) is 3.83. The predicted octanol–water partition coefficient (Wildman–Crippen LogP) is 2.68. The summed E-state index contributed by atoms with van der Waals surface area (Å²) in [5.41, 5.74) is 6.47. The van der Waals surface area contributed by atoms with Crippen molar-refractivity contribution in [2.24, 2.45) is 5.73 Å². The van der Waals surface area contributed by atoms with Crippen molar-refractivity contribution in [1.82, 2.24) is 0 Å². The first-order chi connectivity index (χ1) is 6.06. The number of benzene rings is 1. The van der Waals surface area contributed by atoms with Crippen molar-refractivity contribution in [3.05, 3.63) is 34.9 Å². The molecule has 0 aromatic heterocycles. The maximum atomic E-state index is 13.1. The van der Waals surface area contributed by atoms with E-state index in [0.29, 0.717) is 17.5 Å². The smallest absolute Gasteiger partial charge is 0.130 e. The fraction of sp³-hybridized carbons (Fsp3) is 0.400. The summed E-state index contributed by atoms with van der Waals surface area (Å²) in [4.78, 5) is 0. The molecule has 0 bridgehead atoms. The van der Waals surface area contributed by atoms with Gasteiger partial charge in [-0.15, -0.1) is 0 Å². The molecule has 1 rings (SSSR count). The van der Waals surface area contributed by atoms with Gasteiger partial charge in [-0.3, -0.25) is 0 Å². The average Bonchev–Trinajstić information content (AvgIpc) is 2.10. The van der Waals surface area contributed by atoms with Crippen LogP contribution in [0.2, 0.25) is 0 Å². The quantitative estimate of drug-likeness (QED) is 0.753. The van der Waals surface area contributed by atoms with E-state index < -0.39 is 11.6 Å². The lowest BCUT2D eigenvalue weighted by Crippen LogP contribution is -2.11. The summed E-state index contributed by atoms with van der Waals surface area (Å²) in [7, 11) is 0. The molecule has 0 spiro atoms. The molecule has 13 heavy (non-hydrogen) atoms. The SMILES string of the molecule is CC[C@H](N)c1cc(C)c(F)cc1F. The molecule has 0 aliphatic carbocycles. The summed E-state index contributed by atoms with van der Waals surface area (Å²) in [6.07, 6.45) is 0.641. The Kier molecular flexibility index (Phi) is 2.98. The van der Waals surface area contributed by atoms with E-state index in [9.17, 15) is 8.78 Å². The molecule has 2 N–H and O–H groups in total. The van der Waals surface area contributed by atoms with Gasteiger partial charge < -0.3 is 5.73 Å². The zero-order valence-electron chi connectivity index (χ0n) is 7.77. The summed E-state index contributed by atoms with van der Waals surface area (Å²) >= 11 is 0. The normalized spacial score (nSPS) is 13.0. The molecule has 3 heteroatoms. The van der Waals surface area contributed by atoms with E-state index in [1.165, 1.54) is 6.07 Å². The highest BCUT2D eigenvalue weighted by Crippen LogP contribution is 2.20. The number of halogens is 2. The van der Waals surface area contributed by atoms with Gasteiger partial charge in [0.15, 0.2) is 0 Å². The van der Waals surface area contributed by atoms with Crippen LogP contribution in [0.4, 0.5) is 8.78 Å². The molecule has 1 nitrogen and oxygen atoms in total. The van der Waals surface area contributed by atoms with Crippen molar-refractivity contribution in [2.75, 3.05) is 0 Å². The Balaban J connectivity index is 3.15. The summed E-state index contributed by atoms with van der Waals surface area (Å²) in [6.45, 7) is 3.46. The molecule has 0 heterocycles. The van der Waals surface area contributed by atoms with Crippen LogP contribution in [0.3, 0.4) is 0 Å². The van der Waals surface area contributed by atoms with Crippen molar-refractivity contribution >= 4 is 0 Å². The van der Waals surface area contributed by atoms with Crippen LogP contribution in [0.15, 0.2) is 12.1 Å². The lowest BCUT2D eigenvalue weighted by Gasteiger charge is -2.11. The second-order valence-electron chi connectivity index (χ2n) is 3.14. The highest BCUT2D eigenvalue weighted by Gasteiger charge is 2.12. The molecule has 0 fully saturated rings. The molecule has 0 aliphatic heterocycles. The summed E-state index contributed by atoms with van der Waals surface area (Å²) in [5, 5.41) is 0. The van der Waals surface area contributed by atoms with Crippen LogP contribution in [0.25, 0.3) is 0 Å². The van der Waals surface area contributed by atoms with Crippen molar-refractivity contribution < 1.29 is 8.78 Å². The van der Waals surface area contributed by atoms with E-state index in [-0.39, 0.29) is 6.04 Å². The Morgan fingerprint density at radius 1 is 1.31 bits per heavy atom. The molecule has 1 atom stereocenters. The minimum absolute atomic E-state index is 0.348. The minimum Gasteiger partial charge on any atom is -0.324 e. The van der Waals surface area contributed by atoms with Crippen molar-refractivity contribution in [1.29, 1.82) is 0 Å². The molecule has 1 aromatic rings. The number of hydrogen-bond acceptors (Lipinski definition) is 1. The Hall–Kier alpha value is -0.960. The van der Waals surface area contributed by atoms with E-state index in [4.69, 9.17) is 5.73 Å². The van der Waals surface area contributed by atoms with Gasteiger partial charge in [0.1, 0.15) is 11.6 Å². The summed E-state index contributed by atoms with van der Waals surface area (Å²) in [5.74, 6) is -1.08. The summed E-state index contributed by atoms with van der Waals surface area (Å²) < 4.78 is 26.0. The van der Waals surface area contributed by atoms with Crippen LogP contribution in [0, 0.1) is 18.6 Å². The zero-order valence-corrected chi connectivity index (χ0v) is 7.77. The van der Waals surface area contributed by atoms with Gasteiger partial charge in [-0.1, -0.05) is 6.92 Å². The van der Waals surface area contributed by atoms with Crippen LogP contribution in [0.5, 0.6) is 0 Å². The molecule has 0 radical (unpaired) electrons. The Bertz CT molecular complexity index is 310. The molecule has 0 saturated heterocycles. The number of aryl methyl sites for hydroxylation is 1. The molecular weight excluding hydrogens is 172 g/mol. The third-order valence-electron chi connectivity index (χ3n) is 2.12. The van der Waals surface area contributed by atoms with Crippen LogP contribution in [-0.4, -0.2) is 0 Å². The number of rotatable bonds is 2. The highest BCUT2D eigenvalue weighted by molar-refractivity contribution is 5.27.